The van der Waals surface area contributed by atoms with Gasteiger partial charge in [-0.2, -0.15) is 0 Å². The van der Waals surface area contributed by atoms with Gasteiger partial charge in [0.05, 0.1) is 5.69 Å². The largest absolute Gasteiger partial charge is 0.310 e. The summed E-state index contributed by atoms with van der Waals surface area (Å²) >= 11 is 0. The molecule has 11 aromatic carbocycles. The second kappa shape index (κ2) is 17.0. The molecule has 2 aliphatic carbocycles. The summed E-state index contributed by atoms with van der Waals surface area (Å²) in [6.07, 6.45) is 6.47. The average molecular weight is 884 g/mol. The van der Waals surface area contributed by atoms with Crippen LogP contribution in [0.3, 0.4) is 0 Å². The summed E-state index contributed by atoms with van der Waals surface area (Å²) in [6.45, 7) is 2.40. The normalized spacial score (nSPS) is 15.6. The Bertz CT molecular complexity index is 3700. The van der Waals surface area contributed by atoms with Crippen LogP contribution in [0.25, 0.3) is 76.8 Å². The summed E-state index contributed by atoms with van der Waals surface area (Å²) in [4.78, 5) is 2.48. The fourth-order valence-electron chi connectivity index (χ4n) is 12.3. The van der Waals surface area contributed by atoms with Crippen LogP contribution in [0.2, 0.25) is 0 Å². The number of rotatable bonds is 8. The first kappa shape index (κ1) is 41.2. The van der Waals surface area contributed by atoms with E-state index in [4.69, 9.17) is 0 Å². The lowest BCUT2D eigenvalue weighted by Crippen LogP contribution is -2.22. The minimum absolute atomic E-state index is 0.256. The molecule has 1 atom stereocenters. The van der Waals surface area contributed by atoms with E-state index in [2.05, 4.69) is 248 Å². The summed E-state index contributed by atoms with van der Waals surface area (Å²) < 4.78 is 0. The third-order valence-corrected chi connectivity index (χ3v) is 15.8. The summed E-state index contributed by atoms with van der Waals surface area (Å²) in [5.74, 6) is 0.581. The van der Waals surface area contributed by atoms with E-state index >= 15 is 0 Å². The number of anilines is 3. The summed E-state index contributed by atoms with van der Waals surface area (Å²) in [6, 6.07) is 88.6. The molecule has 0 heterocycles. The Morgan fingerprint density at radius 1 is 0.377 bits per heavy atom. The van der Waals surface area contributed by atoms with Crippen LogP contribution in [0.1, 0.15) is 67.2 Å². The smallest absolute Gasteiger partial charge is 0.0540 e. The number of nitrogens with zero attached hydrogens (tertiary/aromatic N) is 1. The fraction of sp³-hybridized carbons (Fsp3) is 0.118. The highest BCUT2D eigenvalue weighted by atomic mass is 15.1. The van der Waals surface area contributed by atoms with Gasteiger partial charge in [-0.05, 0) is 156 Å². The van der Waals surface area contributed by atoms with E-state index in [-0.39, 0.29) is 5.41 Å². The Balaban J connectivity index is 0.946. The molecule has 1 unspecified atom stereocenters. The second-order valence-electron chi connectivity index (χ2n) is 19.5. The first-order chi connectivity index (χ1) is 34.1. The van der Waals surface area contributed by atoms with Crippen molar-refractivity contribution in [3.63, 3.8) is 0 Å². The fourth-order valence-corrected chi connectivity index (χ4v) is 12.3. The predicted octanol–water partition coefficient (Wildman–Crippen LogP) is 19.0. The highest BCUT2D eigenvalue weighted by Crippen LogP contribution is 2.53. The van der Waals surface area contributed by atoms with Gasteiger partial charge in [-0.3, -0.25) is 0 Å². The molecule has 69 heavy (non-hydrogen) atoms. The number of benzene rings is 11. The van der Waals surface area contributed by atoms with Crippen molar-refractivity contribution >= 4 is 49.4 Å². The second-order valence-corrected chi connectivity index (χ2v) is 19.5. The third kappa shape index (κ3) is 6.90. The van der Waals surface area contributed by atoms with Crippen LogP contribution in [-0.2, 0) is 5.41 Å². The van der Waals surface area contributed by atoms with Crippen molar-refractivity contribution in [2.75, 3.05) is 4.90 Å². The molecule has 2 aliphatic rings. The predicted molar refractivity (Wildman–Crippen MR) is 293 cm³/mol. The van der Waals surface area contributed by atoms with Crippen molar-refractivity contribution in [3.05, 3.63) is 259 Å². The highest BCUT2D eigenvalue weighted by molar-refractivity contribution is 6.12. The van der Waals surface area contributed by atoms with Gasteiger partial charge in [0.15, 0.2) is 0 Å². The third-order valence-electron chi connectivity index (χ3n) is 15.8. The Morgan fingerprint density at radius 2 is 0.971 bits per heavy atom. The van der Waals surface area contributed by atoms with Gasteiger partial charge in [-0.15, -0.1) is 0 Å². The van der Waals surface area contributed by atoms with E-state index in [0.717, 1.165) is 17.1 Å². The molecule has 13 rings (SSSR count). The molecule has 11 aromatic rings. The van der Waals surface area contributed by atoms with Gasteiger partial charge in [0.25, 0.3) is 0 Å². The molecule has 1 nitrogen and oxygen atoms in total. The average Bonchev–Trinajstić information content (AvgIpc) is 3.69. The molecule has 1 saturated carbocycles. The van der Waals surface area contributed by atoms with Gasteiger partial charge in [-0.1, -0.05) is 219 Å². The molecule has 0 aliphatic heterocycles. The van der Waals surface area contributed by atoms with Crippen molar-refractivity contribution < 1.29 is 0 Å². The molecule has 0 radical (unpaired) electrons. The lowest BCUT2D eigenvalue weighted by molar-refractivity contribution is 0.445. The van der Waals surface area contributed by atoms with Crippen molar-refractivity contribution in [2.24, 2.45) is 0 Å². The maximum absolute atomic E-state index is 2.48. The first-order valence-electron chi connectivity index (χ1n) is 24.9. The Morgan fingerprint density at radius 3 is 1.78 bits per heavy atom. The standard InChI is InChI=1S/C68H53N/c1-68(52-22-6-3-7-23-52)64-31-12-10-25-60(64)61-44-38-51(45-65(61)68)46-33-39-53(40-34-46)69(54-41-35-49(36-42-54)56-27-16-29-58-55-24-9-8-19-48(55)37-43-59(56)58)66-32-13-11-26-62(66)63-30-15-21-50-20-14-28-57(67(50)63)47-17-4-2-5-18-47/h3,6-16,19-45,47H,2,4-5,17-18H2,1H3. The minimum Gasteiger partial charge on any atom is -0.310 e. The Labute approximate surface area is 406 Å². The van der Waals surface area contributed by atoms with Crippen molar-refractivity contribution in [1.29, 1.82) is 0 Å². The van der Waals surface area contributed by atoms with Crippen molar-refractivity contribution in [2.45, 2.75) is 50.4 Å². The molecule has 0 saturated heterocycles. The number of hydrogen-bond acceptors (Lipinski definition) is 1. The van der Waals surface area contributed by atoms with Crippen LogP contribution in [0.5, 0.6) is 0 Å². The summed E-state index contributed by atoms with van der Waals surface area (Å²) in [7, 11) is 0. The maximum atomic E-state index is 2.48. The van der Waals surface area contributed by atoms with E-state index < -0.39 is 0 Å². The van der Waals surface area contributed by atoms with Crippen LogP contribution < -0.4 is 4.90 Å². The Kier molecular flexibility index (Phi) is 10.1. The molecule has 0 N–H and O–H groups in total. The number of fused-ring (bicyclic) bond motifs is 7. The van der Waals surface area contributed by atoms with E-state index in [9.17, 15) is 0 Å². The van der Waals surface area contributed by atoms with Gasteiger partial charge in [0, 0.05) is 22.4 Å². The monoisotopic (exact) mass is 883 g/mol. The first-order valence-corrected chi connectivity index (χ1v) is 24.9. The van der Waals surface area contributed by atoms with Crippen LogP contribution in [-0.4, -0.2) is 0 Å². The molecule has 0 aromatic heterocycles. The van der Waals surface area contributed by atoms with Crippen molar-refractivity contribution in [1.82, 2.24) is 0 Å². The van der Waals surface area contributed by atoms with Crippen LogP contribution in [0.15, 0.2) is 237 Å². The minimum atomic E-state index is -0.256. The van der Waals surface area contributed by atoms with Gasteiger partial charge < -0.3 is 4.90 Å². The highest BCUT2D eigenvalue weighted by Gasteiger charge is 2.40. The van der Waals surface area contributed by atoms with Crippen LogP contribution in [0, 0.1) is 0 Å². The molecule has 1 heteroatoms. The SMILES string of the molecule is CC1(c2ccccc2)c2ccccc2-c2ccc(-c3ccc(N(c4ccc(-c5cccc6c5ccc5ccccc56)cc4)c4ccccc4-c4cccc5cccc(C6CCCCC6)c45)cc3)cc21. The van der Waals surface area contributed by atoms with Crippen molar-refractivity contribution in [3.8, 4) is 44.5 Å². The molecule has 0 amide bonds. The lowest BCUT2D eigenvalue weighted by Gasteiger charge is -2.29. The van der Waals surface area contributed by atoms with E-state index in [0.29, 0.717) is 5.92 Å². The number of hydrogen-bond donors (Lipinski definition) is 0. The zero-order chi connectivity index (χ0) is 45.9. The molecule has 1 fully saturated rings. The molecular formula is C68H53N. The maximum Gasteiger partial charge on any atom is 0.0540 e. The Hall–Kier alpha value is -8.00. The summed E-state index contributed by atoms with van der Waals surface area (Å²) in [5.41, 5.74) is 18.7. The number of para-hydroxylation sites is 1. The van der Waals surface area contributed by atoms with Gasteiger partial charge >= 0.3 is 0 Å². The quantitative estimate of drug-likeness (QED) is 0.137. The van der Waals surface area contributed by atoms with Crippen LogP contribution in [0.4, 0.5) is 17.1 Å². The molecule has 0 bridgehead atoms. The van der Waals surface area contributed by atoms with Gasteiger partial charge in [-0.25, -0.2) is 0 Å². The topological polar surface area (TPSA) is 3.24 Å². The van der Waals surface area contributed by atoms with Gasteiger partial charge in [0.1, 0.15) is 0 Å². The zero-order valence-electron chi connectivity index (χ0n) is 39.1. The van der Waals surface area contributed by atoms with Gasteiger partial charge in [0.2, 0.25) is 0 Å². The lowest BCUT2D eigenvalue weighted by atomic mass is 9.74. The molecule has 330 valence electrons. The van der Waals surface area contributed by atoms with Crippen LogP contribution >= 0.6 is 0 Å². The zero-order valence-corrected chi connectivity index (χ0v) is 39.1. The molecule has 0 spiro atoms. The molecular weight excluding hydrogens is 831 g/mol. The van der Waals surface area contributed by atoms with E-state index in [1.165, 1.54) is 131 Å². The van der Waals surface area contributed by atoms with E-state index in [1.807, 2.05) is 0 Å². The van der Waals surface area contributed by atoms with E-state index in [1.54, 1.807) is 0 Å². The summed E-state index contributed by atoms with van der Waals surface area (Å²) in [5, 5.41) is 7.82.